The molecule has 0 atom stereocenters. The Bertz CT molecular complexity index is 1630. The molecule has 1 aromatic heterocycles. The number of benzene rings is 4. The van der Waals surface area contributed by atoms with Crippen molar-refractivity contribution in [3.63, 3.8) is 0 Å². The van der Waals surface area contributed by atoms with Crippen LogP contribution in [0.2, 0.25) is 0 Å². The van der Waals surface area contributed by atoms with E-state index in [4.69, 9.17) is 10.5 Å². The number of carbonyl (C=O) groups excluding carboxylic acids is 2. The number of methoxy groups -OCH3 is 1. The van der Waals surface area contributed by atoms with Gasteiger partial charge in [0.1, 0.15) is 5.75 Å². The molecule has 0 fully saturated rings. The molecule has 0 aliphatic heterocycles. The highest BCUT2D eigenvalue weighted by Gasteiger charge is 2.39. The molecule has 5 aromatic rings. The van der Waals surface area contributed by atoms with Gasteiger partial charge in [0.05, 0.1) is 29.6 Å². The van der Waals surface area contributed by atoms with Crippen LogP contribution in [0, 0.1) is 0 Å². The fourth-order valence-corrected chi connectivity index (χ4v) is 4.94. The van der Waals surface area contributed by atoms with Crippen molar-refractivity contribution < 1.29 is 14.3 Å². The highest BCUT2D eigenvalue weighted by Crippen LogP contribution is 2.44. The monoisotopic (exact) mass is 470 g/mol. The van der Waals surface area contributed by atoms with E-state index in [-0.39, 0.29) is 11.6 Å². The first-order valence-corrected chi connectivity index (χ1v) is 11.6. The average molecular weight is 471 g/mol. The minimum atomic E-state index is -0.169. The SMILES string of the molecule is COc1ccc(-c2c3c(c(-c4ccccc4)n2-c2ccc(N)cc2)C(=O)c2ccccc2C3=O)cc1. The number of nitrogen functional groups attached to an aromatic ring is 1. The molecule has 1 aliphatic rings. The van der Waals surface area contributed by atoms with Crippen LogP contribution in [-0.4, -0.2) is 23.2 Å². The zero-order valence-corrected chi connectivity index (χ0v) is 19.6. The van der Waals surface area contributed by atoms with Gasteiger partial charge >= 0.3 is 0 Å². The molecule has 1 aliphatic carbocycles. The molecule has 174 valence electrons. The third-order valence-corrected chi connectivity index (χ3v) is 6.60. The molecule has 6 rings (SSSR count). The first-order chi connectivity index (χ1) is 17.6. The lowest BCUT2D eigenvalue weighted by atomic mass is 9.83. The molecule has 0 unspecified atom stereocenters. The molecule has 36 heavy (non-hydrogen) atoms. The van der Waals surface area contributed by atoms with E-state index in [2.05, 4.69) is 0 Å². The summed E-state index contributed by atoms with van der Waals surface area (Å²) in [5.74, 6) is 0.370. The number of carbonyl (C=O) groups is 2. The number of ether oxygens (including phenoxy) is 1. The van der Waals surface area contributed by atoms with Crippen molar-refractivity contribution in [3.8, 4) is 34.0 Å². The molecular weight excluding hydrogens is 448 g/mol. The second kappa shape index (κ2) is 8.40. The molecule has 1 heterocycles. The fraction of sp³-hybridized carbons (Fsp3) is 0.0323. The van der Waals surface area contributed by atoms with Crippen LogP contribution in [0.5, 0.6) is 5.75 Å². The Morgan fingerprint density at radius 3 is 1.64 bits per heavy atom. The van der Waals surface area contributed by atoms with Crippen molar-refractivity contribution >= 4 is 17.3 Å². The fourth-order valence-electron chi connectivity index (χ4n) is 4.94. The number of hydrogen-bond acceptors (Lipinski definition) is 4. The second-order valence-electron chi connectivity index (χ2n) is 8.67. The molecule has 0 saturated carbocycles. The number of nitrogens with zero attached hydrogens (tertiary/aromatic N) is 1. The van der Waals surface area contributed by atoms with E-state index in [9.17, 15) is 9.59 Å². The number of anilines is 1. The van der Waals surface area contributed by atoms with E-state index in [1.165, 1.54) is 0 Å². The predicted molar refractivity (Wildman–Crippen MR) is 141 cm³/mol. The third-order valence-electron chi connectivity index (χ3n) is 6.60. The molecule has 0 radical (unpaired) electrons. The molecule has 5 nitrogen and oxygen atoms in total. The zero-order valence-electron chi connectivity index (χ0n) is 19.6. The lowest BCUT2D eigenvalue weighted by Crippen LogP contribution is -2.20. The smallest absolute Gasteiger partial charge is 0.196 e. The van der Waals surface area contributed by atoms with E-state index in [1.807, 2.05) is 83.4 Å². The van der Waals surface area contributed by atoms with Gasteiger partial charge in [-0.1, -0.05) is 54.6 Å². The van der Waals surface area contributed by atoms with Gasteiger partial charge in [-0.25, -0.2) is 0 Å². The van der Waals surface area contributed by atoms with Gasteiger partial charge in [0.2, 0.25) is 0 Å². The average Bonchev–Trinajstić information content (AvgIpc) is 3.29. The molecule has 0 bridgehead atoms. The van der Waals surface area contributed by atoms with Crippen molar-refractivity contribution in [2.45, 2.75) is 0 Å². The van der Waals surface area contributed by atoms with Gasteiger partial charge in [0.25, 0.3) is 0 Å². The molecule has 4 aromatic carbocycles. The van der Waals surface area contributed by atoms with E-state index >= 15 is 0 Å². The topological polar surface area (TPSA) is 74.3 Å². The van der Waals surface area contributed by atoms with E-state index in [0.717, 1.165) is 16.8 Å². The Hall–Kier alpha value is -4.90. The van der Waals surface area contributed by atoms with E-state index < -0.39 is 0 Å². The highest BCUT2D eigenvalue weighted by molar-refractivity contribution is 6.32. The van der Waals surface area contributed by atoms with Crippen LogP contribution in [0.25, 0.3) is 28.2 Å². The summed E-state index contributed by atoms with van der Waals surface area (Å²) in [5, 5.41) is 0. The maximum absolute atomic E-state index is 14.0. The van der Waals surface area contributed by atoms with Crippen molar-refractivity contribution in [1.82, 2.24) is 4.57 Å². The summed E-state index contributed by atoms with van der Waals surface area (Å²) in [7, 11) is 1.61. The Kier molecular flexibility index (Phi) is 5.04. The van der Waals surface area contributed by atoms with E-state index in [1.54, 1.807) is 31.4 Å². The first kappa shape index (κ1) is 21.6. The number of rotatable bonds is 4. The Labute approximate surface area is 208 Å². The standard InChI is InChI=1S/C31H22N2O3/c1-36-23-17-11-20(12-18-23)29-27-26(30(34)24-9-5-6-10-25(24)31(27)35)28(19-7-3-2-4-8-19)33(29)22-15-13-21(32)14-16-22/h2-18H,32H2,1H3. The van der Waals surface area contributed by atoms with Gasteiger partial charge in [-0.15, -0.1) is 0 Å². The summed E-state index contributed by atoms with van der Waals surface area (Å²) in [6.07, 6.45) is 0. The normalized spacial score (nSPS) is 12.2. The van der Waals surface area contributed by atoms with Gasteiger partial charge in [-0.2, -0.15) is 0 Å². The van der Waals surface area contributed by atoms with Crippen LogP contribution in [0.3, 0.4) is 0 Å². The summed E-state index contributed by atoms with van der Waals surface area (Å²) >= 11 is 0. The van der Waals surface area contributed by atoms with Crippen LogP contribution >= 0.6 is 0 Å². The van der Waals surface area contributed by atoms with Crippen LogP contribution < -0.4 is 10.5 Å². The largest absolute Gasteiger partial charge is 0.497 e. The molecular formula is C31H22N2O3. The molecule has 0 amide bonds. The Morgan fingerprint density at radius 1 is 0.611 bits per heavy atom. The Balaban J connectivity index is 1.78. The summed E-state index contributed by atoms with van der Waals surface area (Å²) in [6.45, 7) is 0. The van der Waals surface area contributed by atoms with Crippen molar-refractivity contribution in [1.29, 1.82) is 0 Å². The molecule has 2 N–H and O–H groups in total. The summed E-state index contributed by atoms with van der Waals surface area (Å²) in [4.78, 5) is 28.1. The second-order valence-corrected chi connectivity index (χ2v) is 8.67. The Morgan fingerprint density at radius 2 is 1.11 bits per heavy atom. The van der Waals surface area contributed by atoms with Gasteiger partial charge in [0, 0.05) is 22.5 Å². The molecule has 0 spiro atoms. The van der Waals surface area contributed by atoms with E-state index in [0.29, 0.717) is 45.1 Å². The van der Waals surface area contributed by atoms with Crippen LogP contribution in [-0.2, 0) is 0 Å². The lowest BCUT2D eigenvalue weighted by Gasteiger charge is -2.16. The first-order valence-electron chi connectivity index (χ1n) is 11.6. The minimum Gasteiger partial charge on any atom is -0.497 e. The van der Waals surface area contributed by atoms with Gasteiger partial charge in [0.15, 0.2) is 11.6 Å². The molecule has 5 heteroatoms. The zero-order chi connectivity index (χ0) is 24.8. The van der Waals surface area contributed by atoms with Gasteiger partial charge in [-0.3, -0.25) is 9.59 Å². The molecule has 0 saturated heterocycles. The number of aromatic nitrogens is 1. The third kappa shape index (κ3) is 3.25. The number of hydrogen-bond donors (Lipinski definition) is 1. The maximum atomic E-state index is 14.0. The van der Waals surface area contributed by atoms with Crippen LogP contribution in [0.1, 0.15) is 31.8 Å². The van der Waals surface area contributed by atoms with Crippen LogP contribution in [0.4, 0.5) is 5.69 Å². The summed E-state index contributed by atoms with van der Waals surface area (Å²) in [6, 6.07) is 31.7. The maximum Gasteiger partial charge on any atom is 0.196 e. The van der Waals surface area contributed by atoms with Gasteiger partial charge in [-0.05, 0) is 59.7 Å². The highest BCUT2D eigenvalue weighted by atomic mass is 16.5. The van der Waals surface area contributed by atoms with Crippen molar-refractivity contribution in [2.75, 3.05) is 12.8 Å². The lowest BCUT2D eigenvalue weighted by molar-refractivity contribution is 0.0981. The summed E-state index contributed by atoms with van der Waals surface area (Å²) < 4.78 is 7.37. The predicted octanol–water partition coefficient (Wildman–Crippen LogP) is 6.18. The summed E-state index contributed by atoms with van der Waals surface area (Å²) in [5.41, 5.74) is 12.0. The van der Waals surface area contributed by atoms with Gasteiger partial charge < -0.3 is 15.0 Å². The minimum absolute atomic E-state index is 0.164. The number of fused-ring (bicyclic) bond motifs is 2. The van der Waals surface area contributed by atoms with Crippen molar-refractivity contribution in [2.24, 2.45) is 0 Å². The van der Waals surface area contributed by atoms with Crippen LogP contribution in [0.15, 0.2) is 103 Å². The van der Waals surface area contributed by atoms with Crippen molar-refractivity contribution in [3.05, 3.63) is 125 Å². The number of ketones is 2. The quantitative estimate of drug-likeness (QED) is 0.312. The number of nitrogens with two attached hydrogens (primary N) is 1.